The van der Waals surface area contributed by atoms with Crippen molar-refractivity contribution in [2.75, 3.05) is 13.2 Å². The van der Waals surface area contributed by atoms with Crippen molar-refractivity contribution in [1.82, 2.24) is 4.72 Å². The van der Waals surface area contributed by atoms with Crippen molar-refractivity contribution in [1.29, 1.82) is 0 Å². The quantitative estimate of drug-likeness (QED) is 0.889. The summed E-state index contributed by atoms with van der Waals surface area (Å²) in [6.45, 7) is 1.02. The molecule has 0 bridgehead atoms. The van der Waals surface area contributed by atoms with Crippen molar-refractivity contribution in [2.45, 2.75) is 31.1 Å². The van der Waals surface area contributed by atoms with Gasteiger partial charge >= 0.3 is 0 Å². The van der Waals surface area contributed by atoms with Crippen molar-refractivity contribution >= 4 is 10.0 Å². The van der Waals surface area contributed by atoms with Crippen LogP contribution in [0.25, 0.3) is 0 Å². The second-order valence-electron chi connectivity index (χ2n) is 6.64. The first kappa shape index (κ1) is 17.3. The maximum atomic E-state index is 13.0. The van der Waals surface area contributed by atoms with Gasteiger partial charge in [-0.3, -0.25) is 0 Å². The molecule has 0 aromatic heterocycles. The fraction of sp³-hybridized carbons (Fsp3) is 0.368. The van der Waals surface area contributed by atoms with E-state index in [9.17, 15) is 12.8 Å². The van der Waals surface area contributed by atoms with Gasteiger partial charge in [-0.05, 0) is 60.2 Å². The third-order valence-corrected chi connectivity index (χ3v) is 6.07. The first-order valence-corrected chi connectivity index (χ1v) is 10.3. The summed E-state index contributed by atoms with van der Waals surface area (Å²) in [7, 11) is -3.56. The van der Waals surface area contributed by atoms with Crippen molar-refractivity contribution in [3.8, 4) is 11.5 Å². The highest BCUT2D eigenvalue weighted by Gasteiger charge is 2.27. The highest BCUT2D eigenvalue weighted by molar-refractivity contribution is 7.88. The van der Waals surface area contributed by atoms with Gasteiger partial charge in [0.2, 0.25) is 10.0 Å². The first-order chi connectivity index (χ1) is 12.5. The van der Waals surface area contributed by atoms with Gasteiger partial charge in [-0.25, -0.2) is 17.5 Å². The average Bonchev–Trinajstić information content (AvgIpc) is 2.62. The smallest absolute Gasteiger partial charge is 0.216 e. The van der Waals surface area contributed by atoms with Crippen molar-refractivity contribution in [3.05, 3.63) is 58.9 Å². The molecule has 7 heteroatoms. The molecule has 1 N–H and O–H groups in total. The van der Waals surface area contributed by atoms with Crippen LogP contribution in [0.3, 0.4) is 0 Å². The van der Waals surface area contributed by atoms with E-state index in [0.29, 0.717) is 24.5 Å². The Kier molecular flexibility index (Phi) is 4.58. The number of ether oxygens (including phenoxy) is 2. The molecule has 2 aliphatic rings. The minimum atomic E-state index is -3.56. The number of benzene rings is 2. The summed E-state index contributed by atoms with van der Waals surface area (Å²) in [4.78, 5) is 0. The maximum absolute atomic E-state index is 13.0. The monoisotopic (exact) mass is 377 g/mol. The van der Waals surface area contributed by atoms with Gasteiger partial charge in [-0.1, -0.05) is 12.1 Å². The van der Waals surface area contributed by atoms with Crippen LogP contribution >= 0.6 is 0 Å². The number of aryl methyl sites for hydroxylation is 1. The molecule has 4 rings (SSSR count). The Morgan fingerprint density at radius 2 is 1.77 bits per heavy atom. The van der Waals surface area contributed by atoms with E-state index in [0.717, 1.165) is 36.1 Å². The van der Waals surface area contributed by atoms with E-state index < -0.39 is 10.0 Å². The van der Waals surface area contributed by atoms with E-state index in [4.69, 9.17) is 9.47 Å². The zero-order valence-electron chi connectivity index (χ0n) is 14.2. The lowest BCUT2D eigenvalue weighted by Gasteiger charge is -2.29. The van der Waals surface area contributed by atoms with E-state index in [2.05, 4.69) is 4.72 Å². The van der Waals surface area contributed by atoms with Crippen LogP contribution in [0, 0.1) is 5.82 Å². The summed E-state index contributed by atoms with van der Waals surface area (Å²) in [5.41, 5.74) is 2.59. The molecule has 2 aromatic rings. The molecule has 0 fully saturated rings. The van der Waals surface area contributed by atoms with Gasteiger partial charge in [0.15, 0.2) is 11.5 Å². The first-order valence-electron chi connectivity index (χ1n) is 8.67. The molecular formula is C19H20FNO4S. The lowest BCUT2D eigenvalue weighted by Crippen LogP contribution is -2.32. The van der Waals surface area contributed by atoms with Crippen molar-refractivity contribution in [3.63, 3.8) is 0 Å². The third kappa shape index (κ3) is 3.68. The van der Waals surface area contributed by atoms with E-state index in [-0.39, 0.29) is 17.6 Å². The minimum absolute atomic E-state index is 0.177. The van der Waals surface area contributed by atoms with Gasteiger partial charge in [-0.15, -0.1) is 0 Å². The van der Waals surface area contributed by atoms with Gasteiger partial charge in [0.1, 0.15) is 19.0 Å². The number of sulfonamides is 1. The van der Waals surface area contributed by atoms with Gasteiger partial charge in [0, 0.05) is 6.04 Å². The van der Waals surface area contributed by atoms with Crippen molar-refractivity contribution < 1.29 is 22.3 Å². The van der Waals surface area contributed by atoms with Gasteiger partial charge < -0.3 is 9.47 Å². The molecule has 1 unspecified atom stereocenters. The molecule has 138 valence electrons. The summed E-state index contributed by atoms with van der Waals surface area (Å²) in [5, 5.41) is 0. The van der Waals surface area contributed by atoms with Crippen LogP contribution in [0.5, 0.6) is 11.5 Å². The predicted octanol–water partition coefficient (Wildman–Crippen LogP) is 3.09. The predicted molar refractivity (Wildman–Crippen MR) is 95.3 cm³/mol. The Morgan fingerprint density at radius 1 is 1.08 bits per heavy atom. The van der Waals surface area contributed by atoms with E-state index in [1.165, 1.54) is 24.3 Å². The molecule has 0 spiro atoms. The molecule has 0 radical (unpaired) electrons. The molecule has 2 aromatic carbocycles. The Labute approximate surface area is 152 Å². The number of hydrogen-bond donors (Lipinski definition) is 1. The van der Waals surface area contributed by atoms with E-state index in [1.54, 1.807) is 0 Å². The molecular weight excluding hydrogens is 357 g/mol. The fourth-order valence-corrected chi connectivity index (χ4v) is 4.91. The number of halogens is 1. The number of fused-ring (bicyclic) bond motifs is 2. The summed E-state index contributed by atoms with van der Waals surface area (Å²) >= 11 is 0. The molecule has 1 heterocycles. The summed E-state index contributed by atoms with van der Waals surface area (Å²) < 4.78 is 52.3. The molecule has 1 aliphatic heterocycles. The molecule has 0 amide bonds. The molecule has 26 heavy (non-hydrogen) atoms. The number of nitrogens with one attached hydrogen (secondary N) is 1. The SMILES string of the molecule is O=S(=O)(Cc1ccc(F)cc1)NC1CCCc2cc3c(cc21)OCCO3. The Morgan fingerprint density at radius 3 is 2.50 bits per heavy atom. The number of rotatable bonds is 4. The zero-order chi connectivity index (χ0) is 18.1. The van der Waals surface area contributed by atoms with Crippen LogP contribution in [0.1, 0.15) is 35.6 Å². The summed E-state index contributed by atoms with van der Waals surface area (Å²) in [6, 6.07) is 9.09. The summed E-state index contributed by atoms with van der Waals surface area (Å²) in [5.74, 6) is 0.834. The molecule has 1 aliphatic carbocycles. The summed E-state index contributed by atoms with van der Waals surface area (Å²) in [6.07, 6.45) is 2.52. The average molecular weight is 377 g/mol. The second-order valence-corrected chi connectivity index (χ2v) is 8.40. The highest BCUT2D eigenvalue weighted by Crippen LogP contribution is 2.39. The third-order valence-electron chi connectivity index (χ3n) is 4.71. The van der Waals surface area contributed by atoms with Gasteiger partial charge in [-0.2, -0.15) is 0 Å². The van der Waals surface area contributed by atoms with Crippen LogP contribution in [-0.4, -0.2) is 21.6 Å². The minimum Gasteiger partial charge on any atom is -0.486 e. The molecule has 5 nitrogen and oxygen atoms in total. The topological polar surface area (TPSA) is 64.6 Å². The Hall–Kier alpha value is -2.12. The fourth-order valence-electron chi connectivity index (χ4n) is 3.52. The Balaban J connectivity index is 1.56. The van der Waals surface area contributed by atoms with Gasteiger partial charge in [0.25, 0.3) is 0 Å². The largest absolute Gasteiger partial charge is 0.486 e. The second kappa shape index (κ2) is 6.89. The van der Waals surface area contributed by atoms with Crippen LogP contribution in [-0.2, 0) is 22.2 Å². The number of hydrogen-bond acceptors (Lipinski definition) is 4. The van der Waals surface area contributed by atoms with E-state index >= 15 is 0 Å². The van der Waals surface area contributed by atoms with Crippen LogP contribution in [0.15, 0.2) is 36.4 Å². The maximum Gasteiger partial charge on any atom is 0.216 e. The lowest BCUT2D eigenvalue weighted by atomic mass is 9.88. The van der Waals surface area contributed by atoms with Crippen molar-refractivity contribution in [2.24, 2.45) is 0 Å². The van der Waals surface area contributed by atoms with Crippen LogP contribution in [0.4, 0.5) is 4.39 Å². The normalized spacial score (nSPS) is 19.0. The molecule has 0 saturated carbocycles. The lowest BCUT2D eigenvalue weighted by molar-refractivity contribution is 0.171. The highest BCUT2D eigenvalue weighted by atomic mass is 32.2. The van der Waals surface area contributed by atoms with E-state index in [1.807, 2.05) is 12.1 Å². The Bertz CT molecular complexity index is 912. The molecule has 1 atom stereocenters. The molecule has 0 saturated heterocycles. The van der Waals surface area contributed by atoms with Gasteiger partial charge in [0.05, 0.1) is 5.75 Å². The standard InChI is InChI=1S/C19H20FNO4S/c20-15-6-4-13(5-7-15)12-26(22,23)21-17-3-1-2-14-10-18-19(11-16(14)17)25-9-8-24-18/h4-7,10-11,17,21H,1-3,8-9,12H2. The van der Waals surface area contributed by atoms with Crippen LogP contribution in [0.2, 0.25) is 0 Å². The zero-order valence-corrected chi connectivity index (χ0v) is 15.0. The van der Waals surface area contributed by atoms with Crippen LogP contribution < -0.4 is 14.2 Å².